The summed E-state index contributed by atoms with van der Waals surface area (Å²) in [4.78, 5) is 6.47. The lowest BCUT2D eigenvalue weighted by atomic mass is 10.1. The van der Waals surface area contributed by atoms with Gasteiger partial charge in [0.15, 0.2) is 0 Å². The molecule has 1 aliphatic heterocycles. The first-order valence-corrected chi connectivity index (χ1v) is 5.71. The molecule has 1 fully saturated rings. The van der Waals surface area contributed by atoms with E-state index in [0.717, 1.165) is 13.0 Å². The Balaban J connectivity index is 1.79. The maximum absolute atomic E-state index is 6.12. The Hall–Kier alpha value is -0.930. The first-order chi connectivity index (χ1) is 7.34. The number of hydrogen-bond acceptors (Lipinski definition) is 3. The lowest BCUT2D eigenvalue weighted by Gasteiger charge is -2.19. The smallest absolute Gasteiger partial charge is 0.0270 e. The second-order valence-electron chi connectivity index (χ2n) is 4.33. The molecule has 2 heterocycles. The van der Waals surface area contributed by atoms with E-state index in [1.165, 1.54) is 31.5 Å². The van der Waals surface area contributed by atoms with Crippen molar-refractivity contribution in [1.82, 2.24) is 9.88 Å². The van der Waals surface area contributed by atoms with Gasteiger partial charge in [-0.25, -0.2) is 0 Å². The van der Waals surface area contributed by atoms with E-state index in [-0.39, 0.29) is 6.04 Å². The third kappa shape index (κ3) is 3.29. The normalized spacial score (nSPS) is 19.3. The summed E-state index contributed by atoms with van der Waals surface area (Å²) < 4.78 is 0. The first-order valence-electron chi connectivity index (χ1n) is 5.71. The van der Waals surface area contributed by atoms with Crippen LogP contribution in [0, 0.1) is 0 Å². The Morgan fingerprint density at radius 2 is 1.93 bits per heavy atom. The number of nitrogens with zero attached hydrogens (tertiary/aromatic N) is 2. The van der Waals surface area contributed by atoms with E-state index in [0.29, 0.717) is 0 Å². The van der Waals surface area contributed by atoms with Crippen LogP contribution >= 0.6 is 0 Å². The first kappa shape index (κ1) is 10.6. The van der Waals surface area contributed by atoms with Gasteiger partial charge in [0.2, 0.25) is 0 Å². The Labute approximate surface area is 91.3 Å². The molecule has 0 spiro atoms. The molecular formula is C12H19N3. The number of pyridine rings is 1. The van der Waals surface area contributed by atoms with Crippen molar-refractivity contribution in [3.8, 4) is 0 Å². The summed E-state index contributed by atoms with van der Waals surface area (Å²) in [5.41, 5.74) is 7.41. The summed E-state index contributed by atoms with van der Waals surface area (Å²) in [5.74, 6) is 0. The van der Waals surface area contributed by atoms with Crippen molar-refractivity contribution in [2.45, 2.75) is 25.3 Å². The van der Waals surface area contributed by atoms with Crippen LogP contribution in [0.2, 0.25) is 0 Å². The van der Waals surface area contributed by atoms with E-state index >= 15 is 0 Å². The van der Waals surface area contributed by atoms with Crippen molar-refractivity contribution in [1.29, 1.82) is 0 Å². The minimum atomic E-state index is 0.255. The number of likely N-dealkylation sites (tertiary alicyclic amines) is 1. The van der Waals surface area contributed by atoms with E-state index in [1.54, 1.807) is 0 Å². The number of rotatable bonds is 4. The van der Waals surface area contributed by atoms with Crippen LogP contribution in [-0.4, -0.2) is 35.6 Å². The van der Waals surface area contributed by atoms with Crippen molar-refractivity contribution in [3.63, 3.8) is 0 Å². The Morgan fingerprint density at radius 3 is 2.60 bits per heavy atom. The SMILES string of the molecule is N[C@H](Cc1ccncc1)CN1CCCC1. The maximum atomic E-state index is 6.12. The van der Waals surface area contributed by atoms with Crippen molar-refractivity contribution in [2.24, 2.45) is 5.73 Å². The lowest BCUT2D eigenvalue weighted by Crippen LogP contribution is -2.37. The van der Waals surface area contributed by atoms with Crippen molar-refractivity contribution in [2.75, 3.05) is 19.6 Å². The van der Waals surface area contributed by atoms with Crippen LogP contribution in [0.4, 0.5) is 0 Å². The van der Waals surface area contributed by atoms with Gasteiger partial charge >= 0.3 is 0 Å². The predicted molar refractivity (Wildman–Crippen MR) is 61.6 cm³/mol. The zero-order valence-electron chi connectivity index (χ0n) is 9.10. The molecule has 3 heteroatoms. The van der Waals surface area contributed by atoms with Gasteiger partial charge in [-0.05, 0) is 50.0 Å². The van der Waals surface area contributed by atoms with Gasteiger partial charge in [0, 0.05) is 25.0 Å². The van der Waals surface area contributed by atoms with Gasteiger partial charge in [-0.2, -0.15) is 0 Å². The molecule has 1 aromatic rings. The van der Waals surface area contributed by atoms with Crippen LogP contribution in [-0.2, 0) is 6.42 Å². The molecule has 0 amide bonds. The number of aromatic nitrogens is 1. The molecule has 3 nitrogen and oxygen atoms in total. The third-order valence-electron chi connectivity index (χ3n) is 2.94. The molecule has 2 rings (SSSR count). The highest BCUT2D eigenvalue weighted by atomic mass is 15.1. The molecular weight excluding hydrogens is 186 g/mol. The zero-order chi connectivity index (χ0) is 10.5. The molecule has 15 heavy (non-hydrogen) atoms. The van der Waals surface area contributed by atoms with Crippen molar-refractivity contribution >= 4 is 0 Å². The largest absolute Gasteiger partial charge is 0.326 e. The van der Waals surface area contributed by atoms with Gasteiger partial charge in [0.25, 0.3) is 0 Å². The molecule has 0 saturated carbocycles. The second-order valence-corrected chi connectivity index (χ2v) is 4.33. The fraction of sp³-hybridized carbons (Fsp3) is 0.583. The van der Waals surface area contributed by atoms with Gasteiger partial charge in [-0.1, -0.05) is 0 Å². The van der Waals surface area contributed by atoms with Crippen molar-refractivity contribution < 1.29 is 0 Å². The number of hydrogen-bond donors (Lipinski definition) is 1. The quantitative estimate of drug-likeness (QED) is 0.799. The van der Waals surface area contributed by atoms with E-state index < -0.39 is 0 Å². The molecule has 0 aliphatic carbocycles. The van der Waals surface area contributed by atoms with Crippen LogP contribution in [0.5, 0.6) is 0 Å². The minimum Gasteiger partial charge on any atom is -0.326 e. The summed E-state index contributed by atoms with van der Waals surface area (Å²) in [6, 6.07) is 4.35. The third-order valence-corrected chi connectivity index (χ3v) is 2.94. The van der Waals surface area contributed by atoms with Gasteiger partial charge in [0.1, 0.15) is 0 Å². The Bertz CT molecular complexity index is 280. The average Bonchev–Trinajstić information content (AvgIpc) is 2.71. The monoisotopic (exact) mass is 205 g/mol. The molecule has 1 saturated heterocycles. The van der Waals surface area contributed by atoms with Gasteiger partial charge < -0.3 is 10.6 Å². The molecule has 82 valence electrons. The van der Waals surface area contributed by atoms with Crippen molar-refractivity contribution in [3.05, 3.63) is 30.1 Å². The second kappa shape index (κ2) is 5.24. The van der Waals surface area contributed by atoms with Crippen LogP contribution < -0.4 is 5.73 Å². The Morgan fingerprint density at radius 1 is 1.27 bits per heavy atom. The highest BCUT2D eigenvalue weighted by Crippen LogP contribution is 2.09. The van der Waals surface area contributed by atoms with Gasteiger partial charge in [-0.3, -0.25) is 4.98 Å². The molecule has 1 aromatic heterocycles. The van der Waals surface area contributed by atoms with E-state index in [2.05, 4.69) is 9.88 Å². The summed E-state index contributed by atoms with van der Waals surface area (Å²) >= 11 is 0. The van der Waals surface area contributed by atoms with E-state index in [9.17, 15) is 0 Å². The molecule has 0 radical (unpaired) electrons. The highest BCUT2D eigenvalue weighted by molar-refractivity contribution is 5.11. The minimum absolute atomic E-state index is 0.255. The van der Waals surface area contributed by atoms with E-state index in [4.69, 9.17) is 5.73 Å². The van der Waals surface area contributed by atoms with E-state index in [1.807, 2.05) is 24.5 Å². The molecule has 1 atom stereocenters. The average molecular weight is 205 g/mol. The predicted octanol–water partition coefficient (Wildman–Crippen LogP) is 1.05. The fourth-order valence-electron chi connectivity index (χ4n) is 2.18. The lowest BCUT2D eigenvalue weighted by molar-refractivity contribution is 0.313. The number of nitrogens with two attached hydrogens (primary N) is 1. The summed E-state index contributed by atoms with van der Waals surface area (Å²) in [6.45, 7) is 3.48. The standard InChI is InChI=1S/C12H19N3/c13-12(10-15-7-1-2-8-15)9-11-3-5-14-6-4-11/h3-6,12H,1-2,7-10,13H2/t12-/m1/s1. The summed E-state index contributed by atoms with van der Waals surface area (Å²) in [7, 11) is 0. The maximum Gasteiger partial charge on any atom is 0.0270 e. The van der Waals surface area contributed by atoms with Crippen LogP contribution in [0.3, 0.4) is 0 Å². The molecule has 0 aromatic carbocycles. The summed E-state index contributed by atoms with van der Waals surface area (Å²) in [5, 5.41) is 0. The highest BCUT2D eigenvalue weighted by Gasteiger charge is 2.14. The van der Waals surface area contributed by atoms with Gasteiger partial charge in [0.05, 0.1) is 0 Å². The Kier molecular flexibility index (Phi) is 3.69. The molecule has 1 aliphatic rings. The van der Waals surface area contributed by atoms with Gasteiger partial charge in [-0.15, -0.1) is 0 Å². The van der Waals surface area contributed by atoms with Crippen LogP contribution in [0.1, 0.15) is 18.4 Å². The fourth-order valence-corrected chi connectivity index (χ4v) is 2.18. The molecule has 0 unspecified atom stereocenters. The van der Waals surface area contributed by atoms with Crippen LogP contribution in [0.15, 0.2) is 24.5 Å². The molecule has 2 N–H and O–H groups in total. The molecule has 0 bridgehead atoms. The van der Waals surface area contributed by atoms with Crippen LogP contribution in [0.25, 0.3) is 0 Å². The topological polar surface area (TPSA) is 42.1 Å². The zero-order valence-corrected chi connectivity index (χ0v) is 9.10. The summed E-state index contributed by atoms with van der Waals surface area (Å²) in [6.07, 6.45) is 7.29.